The highest BCUT2D eigenvalue weighted by Gasteiger charge is 2.09. The van der Waals surface area contributed by atoms with Crippen molar-refractivity contribution >= 4 is 5.69 Å². The molecule has 96 valence electrons. The fraction of sp³-hybridized carbons (Fsp3) is 0.500. The van der Waals surface area contributed by atoms with Gasteiger partial charge in [0.1, 0.15) is 0 Å². The number of rotatable bonds is 6. The lowest BCUT2D eigenvalue weighted by Gasteiger charge is -2.16. The van der Waals surface area contributed by atoms with Crippen LogP contribution in [0.25, 0.3) is 0 Å². The van der Waals surface area contributed by atoms with Crippen molar-refractivity contribution in [2.24, 2.45) is 11.5 Å². The van der Waals surface area contributed by atoms with E-state index in [-0.39, 0.29) is 6.04 Å². The molecule has 0 saturated carbocycles. The van der Waals surface area contributed by atoms with E-state index in [1.54, 1.807) is 14.2 Å². The van der Waals surface area contributed by atoms with Crippen LogP contribution < -0.4 is 26.3 Å². The molecule has 5 nitrogen and oxygen atoms in total. The molecule has 1 rings (SSSR count). The van der Waals surface area contributed by atoms with Crippen molar-refractivity contribution < 1.29 is 9.47 Å². The Bertz CT molecular complexity index is 369. The smallest absolute Gasteiger partial charge is 0.162 e. The second-order valence-corrected chi connectivity index (χ2v) is 3.90. The topological polar surface area (TPSA) is 82.5 Å². The number of benzene rings is 1. The fourth-order valence-electron chi connectivity index (χ4n) is 1.50. The Balaban J connectivity index is 2.85. The van der Waals surface area contributed by atoms with Crippen LogP contribution in [0.5, 0.6) is 11.5 Å². The van der Waals surface area contributed by atoms with Crippen LogP contribution in [-0.4, -0.2) is 33.4 Å². The molecule has 0 saturated heterocycles. The van der Waals surface area contributed by atoms with Gasteiger partial charge in [0.05, 0.1) is 14.2 Å². The zero-order valence-electron chi connectivity index (χ0n) is 10.6. The first-order chi connectivity index (χ1) is 8.12. The van der Waals surface area contributed by atoms with Crippen LogP contribution in [-0.2, 0) is 0 Å². The molecule has 0 amide bonds. The van der Waals surface area contributed by atoms with Crippen LogP contribution >= 0.6 is 0 Å². The zero-order valence-corrected chi connectivity index (χ0v) is 10.6. The van der Waals surface area contributed by atoms with Gasteiger partial charge in [0.2, 0.25) is 0 Å². The minimum absolute atomic E-state index is 0.0532. The monoisotopic (exact) mass is 239 g/mol. The summed E-state index contributed by atoms with van der Waals surface area (Å²) in [6.45, 7) is 3.09. The van der Waals surface area contributed by atoms with Crippen LogP contribution in [0.4, 0.5) is 5.69 Å². The second kappa shape index (κ2) is 6.32. The molecule has 1 aromatic carbocycles. The highest BCUT2D eigenvalue weighted by Crippen LogP contribution is 2.32. The number of ether oxygens (including phenoxy) is 2. The van der Waals surface area contributed by atoms with Crippen LogP contribution in [0.3, 0.4) is 0 Å². The van der Waals surface area contributed by atoms with Gasteiger partial charge >= 0.3 is 0 Å². The molecule has 5 heteroatoms. The summed E-state index contributed by atoms with van der Waals surface area (Å²) in [7, 11) is 3.23. The van der Waals surface area contributed by atoms with Crippen LogP contribution in [0.2, 0.25) is 0 Å². The van der Waals surface area contributed by atoms with E-state index in [0.717, 1.165) is 17.0 Å². The van der Waals surface area contributed by atoms with Gasteiger partial charge in [-0.15, -0.1) is 0 Å². The van der Waals surface area contributed by atoms with E-state index in [1.165, 1.54) is 0 Å². The largest absolute Gasteiger partial charge is 0.493 e. The highest BCUT2D eigenvalue weighted by atomic mass is 16.5. The number of nitrogens with one attached hydrogen (secondary N) is 1. The Morgan fingerprint density at radius 1 is 1.24 bits per heavy atom. The van der Waals surface area contributed by atoms with Gasteiger partial charge in [-0.05, 0) is 18.6 Å². The van der Waals surface area contributed by atoms with E-state index >= 15 is 0 Å². The molecule has 0 bridgehead atoms. The summed E-state index contributed by atoms with van der Waals surface area (Å²) in [5.74, 6) is 1.42. The van der Waals surface area contributed by atoms with Crippen molar-refractivity contribution in [3.05, 3.63) is 17.7 Å². The Morgan fingerprint density at radius 3 is 2.35 bits per heavy atom. The van der Waals surface area contributed by atoms with Crippen molar-refractivity contribution in [2.45, 2.75) is 13.0 Å². The molecule has 0 radical (unpaired) electrons. The highest BCUT2D eigenvalue weighted by molar-refractivity contribution is 5.60. The third kappa shape index (κ3) is 3.51. The van der Waals surface area contributed by atoms with Crippen molar-refractivity contribution in [2.75, 3.05) is 32.6 Å². The van der Waals surface area contributed by atoms with Gasteiger partial charge < -0.3 is 26.3 Å². The summed E-state index contributed by atoms with van der Waals surface area (Å²) < 4.78 is 10.5. The van der Waals surface area contributed by atoms with Crippen molar-refractivity contribution in [3.8, 4) is 11.5 Å². The number of hydrogen-bond donors (Lipinski definition) is 3. The van der Waals surface area contributed by atoms with Gasteiger partial charge in [-0.2, -0.15) is 0 Å². The molecular formula is C12H21N3O2. The van der Waals surface area contributed by atoms with E-state index in [0.29, 0.717) is 18.8 Å². The summed E-state index contributed by atoms with van der Waals surface area (Å²) >= 11 is 0. The first-order valence-electron chi connectivity index (χ1n) is 5.54. The zero-order chi connectivity index (χ0) is 12.8. The Morgan fingerprint density at radius 2 is 1.82 bits per heavy atom. The molecule has 1 aromatic rings. The Labute approximate surface area is 102 Å². The van der Waals surface area contributed by atoms with Crippen molar-refractivity contribution in [1.82, 2.24) is 0 Å². The summed E-state index contributed by atoms with van der Waals surface area (Å²) in [5, 5.41) is 3.25. The molecule has 0 spiro atoms. The second-order valence-electron chi connectivity index (χ2n) is 3.90. The normalized spacial score (nSPS) is 12.1. The molecule has 1 unspecified atom stereocenters. The predicted octanol–water partition coefficient (Wildman–Crippen LogP) is 0.710. The third-order valence-electron chi connectivity index (χ3n) is 2.59. The maximum Gasteiger partial charge on any atom is 0.162 e. The molecule has 0 heterocycles. The first-order valence-corrected chi connectivity index (χ1v) is 5.54. The third-order valence-corrected chi connectivity index (χ3v) is 2.59. The SMILES string of the molecule is COc1cc(C)c(NCC(N)CN)cc1OC. The molecule has 0 aliphatic rings. The Kier molecular flexibility index (Phi) is 5.06. The van der Waals surface area contributed by atoms with Gasteiger partial charge in [0.25, 0.3) is 0 Å². The predicted molar refractivity (Wildman–Crippen MR) is 69.8 cm³/mol. The van der Waals surface area contributed by atoms with Gasteiger partial charge in [-0.3, -0.25) is 0 Å². The molecule has 0 aliphatic heterocycles. The van der Waals surface area contributed by atoms with E-state index in [9.17, 15) is 0 Å². The molecule has 1 atom stereocenters. The number of nitrogens with two attached hydrogens (primary N) is 2. The summed E-state index contributed by atoms with van der Waals surface area (Å²) in [5.41, 5.74) is 13.3. The van der Waals surface area contributed by atoms with Gasteiger partial charge in [0, 0.05) is 30.9 Å². The van der Waals surface area contributed by atoms with Crippen LogP contribution in [0.1, 0.15) is 5.56 Å². The quantitative estimate of drug-likeness (QED) is 0.681. The molecule has 0 aromatic heterocycles. The van der Waals surface area contributed by atoms with Crippen molar-refractivity contribution in [3.63, 3.8) is 0 Å². The lowest BCUT2D eigenvalue weighted by atomic mass is 10.1. The summed E-state index contributed by atoms with van der Waals surface area (Å²) in [6.07, 6.45) is 0. The van der Waals surface area contributed by atoms with E-state index in [1.807, 2.05) is 19.1 Å². The number of aryl methyl sites for hydroxylation is 1. The average Bonchev–Trinajstić information content (AvgIpc) is 2.36. The van der Waals surface area contributed by atoms with Crippen LogP contribution in [0.15, 0.2) is 12.1 Å². The molecule has 17 heavy (non-hydrogen) atoms. The summed E-state index contributed by atoms with van der Waals surface area (Å²) in [6, 6.07) is 3.77. The number of anilines is 1. The number of hydrogen-bond acceptors (Lipinski definition) is 5. The molecular weight excluding hydrogens is 218 g/mol. The lowest BCUT2D eigenvalue weighted by molar-refractivity contribution is 0.355. The maximum atomic E-state index is 5.75. The Hall–Kier alpha value is -1.46. The van der Waals surface area contributed by atoms with Gasteiger partial charge in [0.15, 0.2) is 11.5 Å². The number of methoxy groups -OCH3 is 2. The van der Waals surface area contributed by atoms with E-state index in [2.05, 4.69) is 5.32 Å². The lowest BCUT2D eigenvalue weighted by Crippen LogP contribution is -2.36. The van der Waals surface area contributed by atoms with Crippen molar-refractivity contribution in [1.29, 1.82) is 0 Å². The van der Waals surface area contributed by atoms with Gasteiger partial charge in [-0.25, -0.2) is 0 Å². The molecule has 0 fully saturated rings. The average molecular weight is 239 g/mol. The van der Waals surface area contributed by atoms with E-state index in [4.69, 9.17) is 20.9 Å². The van der Waals surface area contributed by atoms with E-state index < -0.39 is 0 Å². The fourth-order valence-corrected chi connectivity index (χ4v) is 1.50. The van der Waals surface area contributed by atoms with Crippen LogP contribution in [0, 0.1) is 6.92 Å². The molecule has 5 N–H and O–H groups in total. The minimum Gasteiger partial charge on any atom is -0.493 e. The maximum absolute atomic E-state index is 5.75. The summed E-state index contributed by atoms with van der Waals surface area (Å²) in [4.78, 5) is 0. The standard InChI is InChI=1S/C12H21N3O2/c1-8-4-11(16-2)12(17-3)5-10(8)15-7-9(14)6-13/h4-5,9,15H,6-7,13-14H2,1-3H3. The molecule has 0 aliphatic carbocycles. The van der Waals surface area contributed by atoms with Gasteiger partial charge in [-0.1, -0.05) is 0 Å². The minimum atomic E-state index is -0.0532. The first kappa shape index (κ1) is 13.6.